The summed E-state index contributed by atoms with van der Waals surface area (Å²) in [5.74, 6) is -1.93. The highest BCUT2D eigenvalue weighted by atomic mass is 32.2. The molecule has 0 aliphatic heterocycles. The number of thiazole rings is 1. The smallest absolute Gasteiger partial charge is 0.196 e. The van der Waals surface area contributed by atoms with Crippen molar-refractivity contribution in [2.45, 2.75) is 5.16 Å². The zero-order valence-electron chi connectivity index (χ0n) is 19.3. The van der Waals surface area contributed by atoms with Gasteiger partial charge in [0.2, 0.25) is 0 Å². The number of nitriles is 1. The van der Waals surface area contributed by atoms with Crippen molar-refractivity contribution in [3.8, 4) is 34.4 Å². The molecular weight excluding hydrogens is 531 g/mol. The minimum Gasteiger partial charge on any atom is -0.510 e. The molecule has 5 rings (SSSR count). The van der Waals surface area contributed by atoms with Crippen molar-refractivity contribution in [3.63, 3.8) is 0 Å². The van der Waals surface area contributed by atoms with E-state index in [9.17, 15) is 23.5 Å². The molecule has 188 valence electrons. The van der Waals surface area contributed by atoms with E-state index in [0.29, 0.717) is 27.7 Å². The van der Waals surface area contributed by atoms with Gasteiger partial charge in [-0.3, -0.25) is 4.57 Å². The molecule has 0 saturated heterocycles. The van der Waals surface area contributed by atoms with Crippen LogP contribution in [-0.2, 0) is 0 Å². The van der Waals surface area contributed by atoms with Crippen LogP contribution < -0.4 is 0 Å². The van der Waals surface area contributed by atoms with Gasteiger partial charge >= 0.3 is 0 Å². The first-order valence-electron chi connectivity index (χ1n) is 11.1. The van der Waals surface area contributed by atoms with Crippen LogP contribution in [0.15, 0.2) is 89.1 Å². The number of aliphatic hydroxyl groups is 1. The van der Waals surface area contributed by atoms with Gasteiger partial charge < -0.3 is 5.11 Å². The Morgan fingerprint density at radius 2 is 1.68 bits per heavy atom. The van der Waals surface area contributed by atoms with Gasteiger partial charge in [-0.05, 0) is 36.4 Å². The van der Waals surface area contributed by atoms with Crippen LogP contribution in [0, 0.1) is 28.8 Å². The first-order valence-corrected chi connectivity index (χ1v) is 12.9. The standard InChI is InChI=1S/C27H16F3N5OS2/c28-18-8-6-16(7-9-18)22-14-37-26(32-22)20(13-31)24(36)15-38-27-34-33-25(17-4-2-1-3-5-17)35(27)23-11-10-19(29)12-21(23)30/h1-12,14,36H,15H2. The largest absolute Gasteiger partial charge is 0.510 e. The molecule has 2 aromatic heterocycles. The Labute approximate surface area is 223 Å². The van der Waals surface area contributed by atoms with E-state index in [1.54, 1.807) is 41.8 Å². The molecule has 0 unspecified atom stereocenters. The highest BCUT2D eigenvalue weighted by Gasteiger charge is 2.21. The summed E-state index contributed by atoms with van der Waals surface area (Å²) in [6.45, 7) is 0. The molecule has 0 spiro atoms. The Balaban J connectivity index is 1.47. The van der Waals surface area contributed by atoms with Crippen LogP contribution >= 0.6 is 23.1 Å². The third-order valence-corrected chi connectivity index (χ3v) is 7.21. The zero-order valence-corrected chi connectivity index (χ0v) is 21.0. The van der Waals surface area contributed by atoms with Crippen LogP contribution in [0.3, 0.4) is 0 Å². The normalized spacial score (nSPS) is 11.7. The van der Waals surface area contributed by atoms with Gasteiger partial charge in [0.05, 0.1) is 17.1 Å². The molecule has 0 bridgehead atoms. The van der Waals surface area contributed by atoms with Crippen molar-refractivity contribution in [2.24, 2.45) is 0 Å². The van der Waals surface area contributed by atoms with Crippen LogP contribution in [0.5, 0.6) is 0 Å². The van der Waals surface area contributed by atoms with Gasteiger partial charge in [-0.25, -0.2) is 18.2 Å². The number of benzene rings is 3. The number of hydrogen-bond donors (Lipinski definition) is 1. The van der Waals surface area contributed by atoms with Crippen molar-refractivity contribution in [1.29, 1.82) is 5.26 Å². The second kappa shape index (κ2) is 10.9. The molecule has 0 atom stereocenters. The monoisotopic (exact) mass is 547 g/mol. The summed E-state index contributed by atoms with van der Waals surface area (Å²) in [5.41, 5.74) is 1.87. The Morgan fingerprint density at radius 1 is 0.947 bits per heavy atom. The predicted octanol–water partition coefficient (Wildman–Crippen LogP) is 7.06. The summed E-state index contributed by atoms with van der Waals surface area (Å²) in [4.78, 5) is 4.41. The molecule has 0 aliphatic rings. The second-order valence-electron chi connectivity index (χ2n) is 7.87. The molecular formula is C27H16F3N5OS2. The number of rotatable bonds is 7. The van der Waals surface area contributed by atoms with Gasteiger partial charge in [0.15, 0.2) is 11.0 Å². The third kappa shape index (κ3) is 5.18. The van der Waals surface area contributed by atoms with Crippen LogP contribution in [0.4, 0.5) is 13.2 Å². The molecule has 3 aromatic carbocycles. The molecule has 38 heavy (non-hydrogen) atoms. The average molecular weight is 548 g/mol. The molecule has 0 fully saturated rings. The molecule has 0 amide bonds. The number of aromatic nitrogens is 4. The zero-order chi connectivity index (χ0) is 26.6. The number of nitrogens with zero attached hydrogens (tertiary/aromatic N) is 5. The molecule has 6 nitrogen and oxygen atoms in total. The number of aliphatic hydroxyl groups excluding tert-OH is 1. The van der Waals surface area contributed by atoms with Gasteiger partial charge in [0.1, 0.15) is 39.9 Å². The van der Waals surface area contributed by atoms with E-state index in [0.717, 1.165) is 35.2 Å². The summed E-state index contributed by atoms with van der Waals surface area (Å²) < 4.78 is 43.1. The van der Waals surface area contributed by atoms with E-state index in [2.05, 4.69) is 15.2 Å². The van der Waals surface area contributed by atoms with Gasteiger partial charge in [-0.2, -0.15) is 5.26 Å². The Bertz CT molecular complexity index is 1680. The van der Waals surface area contributed by atoms with E-state index in [1.165, 1.54) is 22.8 Å². The van der Waals surface area contributed by atoms with Gasteiger partial charge in [0, 0.05) is 22.6 Å². The fourth-order valence-corrected chi connectivity index (χ4v) is 5.27. The molecule has 0 saturated carbocycles. The summed E-state index contributed by atoms with van der Waals surface area (Å²) >= 11 is 2.19. The quantitative estimate of drug-likeness (QED) is 0.133. The molecule has 5 aromatic rings. The van der Waals surface area contributed by atoms with Crippen molar-refractivity contribution in [2.75, 3.05) is 5.75 Å². The lowest BCUT2D eigenvalue weighted by Gasteiger charge is -2.11. The van der Waals surface area contributed by atoms with E-state index < -0.39 is 11.6 Å². The van der Waals surface area contributed by atoms with E-state index >= 15 is 0 Å². The van der Waals surface area contributed by atoms with Crippen LogP contribution in [-0.4, -0.2) is 30.6 Å². The highest BCUT2D eigenvalue weighted by molar-refractivity contribution is 7.99. The van der Waals surface area contributed by atoms with Crippen molar-refractivity contribution in [1.82, 2.24) is 19.7 Å². The topological polar surface area (TPSA) is 87.6 Å². The Morgan fingerprint density at radius 3 is 2.39 bits per heavy atom. The summed E-state index contributed by atoms with van der Waals surface area (Å²) in [6.07, 6.45) is 0. The number of hydrogen-bond acceptors (Lipinski definition) is 7. The van der Waals surface area contributed by atoms with Gasteiger partial charge in [-0.1, -0.05) is 42.1 Å². The second-order valence-corrected chi connectivity index (χ2v) is 9.67. The first-order chi connectivity index (χ1) is 18.4. The van der Waals surface area contributed by atoms with E-state index in [4.69, 9.17) is 0 Å². The summed E-state index contributed by atoms with van der Waals surface area (Å²) in [7, 11) is 0. The summed E-state index contributed by atoms with van der Waals surface area (Å²) in [6, 6.07) is 19.9. The van der Waals surface area contributed by atoms with Crippen molar-refractivity contribution in [3.05, 3.63) is 106 Å². The third-order valence-electron chi connectivity index (χ3n) is 5.41. The van der Waals surface area contributed by atoms with Gasteiger partial charge in [-0.15, -0.1) is 21.5 Å². The maximum atomic E-state index is 14.8. The molecule has 0 radical (unpaired) electrons. The van der Waals surface area contributed by atoms with E-state index in [1.807, 2.05) is 12.1 Å². The fourth-order valence-electron chi connectivity index (χ4n) is 3.60. The van der Waals surface area contributed by atoms with Crippen LogP contribution in [0.1, 0.15) is 5.01 Å². The van der Waals surface area contributed by atoms with Crippen molar-refractivity contribution >= 4 is 28.7 Å². The number of halogens is 3. The van der Waals surface area contributed by atoms with Crippen LogP contribution in [0.25, 0.3) is 33.9 Å². The predicted molar refractivity (Wildman–Crippen MR) is 140 cm³/mol. The lowest BCUT2D eigenvalue weighted by Crippen LogP contribution is -2.04. The van der Waals surface area contributed by atoms with Crippen molar-refractivity contribution < 1.29 is 18.3 Å². The average Bonchev–Trinajstić information content (AvgIpc) is 3.57. The maximum Gasteiger partial charge on any atom is 0.196 e. The minimum atomic E-state index is -0.808. The first kappa shape index (κ1) is 25.3. The lowest BCUT2D eigenvalue weighted by atomic mass is 10.2. The van der Waals surface area contributed by atoms with E-state index in [-0.39, 0.29) is 33.7 Å². The molecule has 1 N–H and O–H groups in total. The maximum absolute atomic E-state index is 14.8. The minimum absolute atomic E-state index is 0.0295. The SMILES string of the molecule is N#CC(=C(O)CSc1nnc(-c2ccccc2)n1-c1ccc(F)cc1F)c1nc(-c2ccc(F)cc2)cs1. The lowest BCUT2D eigenvalue weighted by molar-refractivity contribution is 0.420. The fraction of sp³-hybridized carbons (Fsp3) is 0.0370. The Kier molecular flexibility index (Phi) is 7.26. The number of allylic oxidation sites excluding steroid dienone is 1. The molecule has 11 heteroatoms. The Hall–Kier alpha value is -4.40. The summed E-state index contributed by atoms with van der Waals surface area (Å²) in [5, 5.41) is 31.1. The molecule has 0 aliphatic carbocycles. The molecule has 2 heterocycles. The van der Waals surface area contributed by atoms with Gasteiger partial charge in [0.25, 0.3) is 0 Å². The number of thioether (sulfide) groups is 1. The van der Waals surface area contributed by atoms with Crippen LogP contribution in [0.2, 0.25) is 0 Å². The highest BCUT2D eigenvalue weighted by Crippen LogP contribution is 2.32.